The summed E-state index contributed by atoms with van der Waals surface area (Å²) in [6.45, 7) is 5.53. The summed E-state index contributed by atoms with van der Waals surface area (Å²) in [5.74, 6) is 0.739. The Labute approximate surface area is 299 Å². The quantitative estimate of drug-likeness (QED) is 0.364. The number of carbonyl (C=O) groups is 2. The molecule has 2 bridgehead atoms. The van der Waals surface area contributed by atoms with Gasteiger partial charge in [-0.15, -0.1) is 0 Å². The number of benzene rings is 2. The molecule has 51 heavy (non-hydrogen) atoms. The molecule has 6 unspecified atom stereocenters. The molecule has 0 radical (unpaired) electrons. The monoisotopic (exact) mass is 713 g/mol. The summed E-state index contributed by atoms with van der Waals surface area (Å²) < 4.78 is 37.2. The molecule has 3 aromatic rings. The fourth-order valence-corrected chi connectivity index (χ4v) is 12.0. The van der Waals surface area contributed by atoms with Gasteiger partial charge in [-0.05, 0) is 100 Å². The molecule has 4 fully saturated rings. The summed E-state index contributed by atoms with van der Waals surface area (Å²) in [7, 11) is -0.267. The molecule has 9 rings (SSSR count). The number of methoxy groups -OCH3 is 1. The van der Waals surface area contributed by atoms with E-state index in [9.17, 15) is 13.2 Å². The molecule has 2 amide bonds. The first-order valence-electron chi connectivity index (χ1n) is 18.6. The van der Waals surface area contributed by atoms with Crippen LogP contribution in [0.5, 0.6) is 5.75 Å². The van der Waals surface area contributed by atoms with E-state index in [0.29, 0.717) is 18.2 Å². The van der Waals surface area contributed by atoms with E-state index in [1.807, 2.05) is 18.2 Å². The second kappa shape index (κ2) is 11.8. The lowest BCUT2D eigenvalue weighted by atomic mass is 9.81. The number of likely N-dealkylation sites (tertiary alicyclic amines) is 1. The van der Waals surface area contributed by atoms with E-state index in [1.165, 1.54) is 12.0 Å². The highest BCUT2D eigenvalue weighted by Gasteiger charge is 2.65. The minimum absolute atomic E-state index is 0.0560. The number of nitrogens with zero attached hydrogens (tertiary/aromatic N) is 4. The van der Waals surface area contributed by atoms with Gasteiger partial charge in [-0.25, -0.2) is 13.1 Å². The van der Waals surface area contributed by atoms with E-state index in [0.717, 1.165) is 91.5 Å². The van der Waals surface area contributed by atoms with Crippen LogP contribution in [0.25, 0.3) is 22.2 Å². The minimum Gasteiger partial charge on any atom is -0.497 e. The molecule has 5 heterocycles. The maximum atomic E-state index is 15.1. The maximum absolute atomic E-state index is 15.1. The van der Waals surface area contributed by atoms with E-state index in [1.54, 1.807) is 27.0 Å². The number of ether oxygens (including phenoxy) is 1. The van der Waals surface area contributed by atoms with Crippen LogP contribution in [-0.2, 0) is 26.2 Å². The zero-order valence-electron chi connectivity index (χ0n) is 29.9. The topological polar surface area (TPSA) is 123 Å². The van der Waals surface area contributed by atoms with Crippen LogP contribution in [0.3, 0.4) is 0 Å². The number of hydrogen-bond donors (Lipinski definition) is 1. The Bertz CT molecular complexity index is 2090. The standard InChI is InChI=1S/C39H47N5O6S/c1-22-36(23(2)50-40-22)51(47,48)41-37(45)25-10-14-30-33(16-25)43-21-39(38(46)44-26-11-12-27(44)20-42(3)19-26)18-32(39)31-17-28(49-4)13-15-29(31)35(43)34(30)24-8-6-5-7-9-24/h10,13-17,23-24,26-27,32,36H,5-9,11-12,18-21H2,1-4H3,(H,41,45). The van der Waals surface area contributed by atoms with E-state index in [-0.39, 0.29) is 29.5 Å². The van der Waals surface area contributed by atoms with E-state index >= 15 is 4.79 Å². The molecule has 2 aliphatic carbocycles. The number of piperazine rings is 1. The van der Waals surface area contributed by atoms with Crippen LogP contribution in [0.15, 0.2) is 41.6 Å². The lowest BCUT2D eigenvalue weighted by molar-refractivity contribution is -0.143. The Kier molecular flexibility index (Phi) is 7.64. The van der Waals surface area contributed by atoms with Gasteiger partial charge in [0, 0.05) is 59.7 Å². The summed E-state index contributed by atoms with van der Waals surface area (Å²) in [5, 5.41) is 3.86. The second-order valence-electron chi connectivity index (χ2n) is 16.0. The number of oxime groups is 1. The van der Waals surface area contributed by atoms with Crippen molar-refractivity contribution in [2.24, 2.45) is 10.6 Å². The van der Waals surface area contributed by atoms with Gasteiger partial charge in [-0.1, -0.05) is 30.5 Å². The highest BCUT2D eigenvalue weighted by atomic mass is 32.2. The third kappa shape index (κ3) is 5.06. The lowest BCUT2D eigenvalue weighted by Crippen LogP contribution is -2.57. The Balaban J connectivity index is 1.20. The first-order valence-corrected chi connectivity index (χ1v) is 20.2. The van der Waals surface area contributed by atoms with E-state index in [4.69, 9.17) is 9.57 Å². The minimum atomic E-state index is -4.11. The van der Waals surface area contributed by atoms with Crippen LogP contribution in [0.4, 0.5) is 0 Å². The third-order valence-electron chi connectivity index (χ3n) is 12.9. The molecule has 12 heteroatoms. The summed E-state index contributed by atoms with van der Waals surface area (Å²) in [6.07, 6.45) is 7.84. The zero-order chi connectivity index (χ0) is 35.4. The Morgan fingerprint density at radius 3 is 2.45 bits per heavy atom. The number of likely N-dealkylation sites (N-methyl/N-ethyl adjacent to an activating group) is 1. The van der Waals surface area contributed by atoms with Crippen LogP contribution in [0.2, 0.25) is 0 Å². The average Bonchev–Trinajstić information content (AvgIpc) is 3.52. The number of carbonyl (C=O) groups excluding carboxylic acids is 2. The number of nitrogens with one attached hydrogen (secondary N) is 1. The summed E-state index contributed by atoms with van der Waals surface area (Å²) >= 11 is 0. The van der Waals surface area contributed by atoms with Gasteiger partial charge < -0.3 is 23.9 Å². The molecule has 2 saturated heterocycles. The molecular weight excluding hydrogens is 667 g/mol. The predicted octanol–water partition coefficient (Wildman–Crippen LogP) is 5.38. The van der Waals surface area contributed by atoms with Crippen LogP contribution in [0.1, 0.15) is 98.5 Å². The molecule has 2 aromatic carbocycles. The van der Waals surface area contributed by atoms with Gasteiger partial charge >= 0.3 is 0 Å². The van der Waals surface area contributed by atoms with Crippen molar-refractivity contribution < 1.29 is 27.6 Å². The predicted molar refractivity (Wildman–Crippen MR) is 195 cm³/mol. The molecule has 270 valence electrons. The van der Waals surface area contributed by atoms with E-state index in [2.05, 4.69) is 43.4 Å². The molecular formula is C39H47N5O6S. The van der Waals surface area contributed by atoms with E-state index < -0.39 is 32.7 Å². The fourth-order valence-electron chi connectivity index (χ4n) is 10.5. The van der Waals surface area contributed by atoms with Crippen molar-refractivity contribution in [2.45, 2.75) is 107 Å². The zero-order valence-corrected chi connectivity index (χ0v) is 30.7. The van der Waals surface area contributed by atoms with Crippen molar-refractivity contribution in [1.82, 2.24) is 19.1 Å². The number of fused-ring (bicyclic) bond motifs is 9. The summed E-state index contributed by atoms with van der Waals surface area (Å²) in [5.41, 5.74) is 5.52. The summed E-state index contributed by atoms with van der Waals surface area (Å²) in [4.78, 5) is 38.7. The van der Waals surface area contributed by atoms with Gasteiger partial charge in [0.25, 0.3) is 5.91 Å². The molecule has 4 aliphatic heterocycles. The largest absolute Gasteiger partial charge is 0.497 e. The Hall–Kier alpha value is -3.90. The van der Waals surface area contributed by atoms with Crippen LogP contribution >= 0.6 is 0 Å². The smallest absolute Gasteiger partial charge is 0.264 e. The average molecular weight is 714 g/mol. The van der Waals surface area contributed by atoms with Crippen LogP contribution in [0, 0.1) is 5.41 Å². The van der Waals surface area contributed by atoms with Gasteiger partial charge in [-0.2, -0.15) is 0 Å². The van der Waals surface area contributed by atoms with Gasteiger partial charge in [0.15, 0.2) is 5.25 Å². The van der Waals surface area contributed by atoms with Crippen molar-refractivity contribution in [1.29, 1.82) is 0 Å². The number of amides is 2. The van der Waals surface area contributed by atoms with Crippen molar-refractivity contribution in [2.75, 3.05) is 27.2 Å². The molecule has 6 atom stereocenters. The maximum Gasteiger partial charge on any atom is 0.264 e. The first kappa shape index (κ1) is 33.0. The van der Waals surface area contributed by atoms with Crippen LogP contribution in [-0.4, -0.2) is 91.0 Å². The van der Waals surface area contributed by atoms with Gasteiger partial charge in [-0.3, -0.25) is 9.59 Å². The Morgan fingerprint density at radius 1 is 1.02 bits per heavy atom. The van der Waals surface area contributed by atoms with Gasteiger partial charge in [0.2, 0.25) is 15.9 Å². The first-order chi connectivity index (χ1) is 24.5. The normalized spacial score (nSPS) is 30.2. The fraction of sp³-hybridized carbons (Fsp3) is 0.564. The van der Waals surface area contributed by atoms with Crippen molar-refractivity contribution in [3.8, 4) is 17.0 Å². The van der Waals surface area contributed by atoms with Gasteiger partial charge in [0.05, 0.1) is 23.9 Å². The highest BCUT2D eigenvalue weighted by Crippen LogP contribution is 2.66. The second-order valence-corrected chi connectivity index (χ2v) is 17.8. The Morgan fingerprint density at radius 2 is 1.76 bits per heavy atom. The molecule has 11 nitrogen and oxygen atoms in total. The highest BCUT2D eigenvalue weighted by molar-refractivity contribution is 7.91. The molecule has 1 N–H and O–H groups in total. The third-order valence-corrected chi connectivity index (χ3v) is 14.7. The molecule has 2 saturated carbocycles. The number of sulfonamides is 1. The summed E-state index contributed by atoms with van der Waals surface area (Å²) in [6, 6.07) is 12.4. The van der Waals surface area contributed by atoms with Crippen LogP contribution < -0.4 is 9.46 Å². The number of hydrogen-bond acceptors (Lipinski definition) is 8. The molecule has 0 spiro atoms. The molecule has 1 aromatic heterocycles. The molecule has 6 aliphatic rings. The number of rotatable bonds is 6. The van der Waals surface area contributed by atoms with Crippen molar-refractivity contribution in [3.63, 3.8) is 0 Å². The lowest BCUT2D eigenvalue weighted by Gasteiger charge is -2.41. The van der Waals surface area contributed by atoms with Crippen molar-refractivity contribution in [3.05, 3.63) is 53.1 Å². The van der Waals surface area contributed by atoms with Gasteiger partial charge in [0.1, 0.15) is 11.9 Å². The SMILES string of the molecule is COc1ccc2c(c1)C1CC1(C(=O)N1C3CCC1CN(C)C3)Cn1c-2c(C2CCCCC2)c2ccc(C(=O)NS(=O)(=O)C3C(C)=NOC3C)cc21. The van der Waals surface area contributed by atoms with Crippen molar-refractivity contribution >= 4 is 38.5 Å². The number of aromatic nitrogens is 1.